The highest BCUT2D eigenvalue weighted by molar-refractivity contribution is 4.57. The Hall–Kier alpha value is -0.120. The summed E-state index contributed by atoms with van der Waals surface area (Å²) in [6.45, 7) is 8.06. The summed E-state index contributed by atoms with van der Waals surface area (Å²) in [5.74, 6) is 0. The van der Waals surface area contributed by atoms with Crippen molar-refractivity contribution in [3.05, 3.63) is 0 Å². The Morgan fingerprint density at radius 1 is 1.25 bits per heavy atom. The first-order chi connectivity index (χ1) is 5.70. The minimum atomic E-state index is 0.155. The van der Waals surface area contributed by atoms with Crippen LogP contribution in [0.5, 0.6) is 0 Å². The number of hydrogen-bond donors (Lipinski definition) is 1. The van der Waals surface area contributed by atoms with Crippen LogP contribution >= 0.6 is 0 Å². The fourth-order valence-electron chi connectivity index (χ4n) is 0.738. The van der Waals surface area contributed by atoms with Crippen LogP contribution < -0.4 is 5.73 Å². The zero-order valence-electron chi connectivity index (χ0n) is 8.38. The van der Waals surface area contributed by atoms with E-state index in [1.165, 1.54) is 0 Å². The first-order valence-corrected chi connectivity index (χ1v) is 4.65. The lowest BCUT2D eigenvalue weighted by atomic mass is 10.2. The van der Waals surface area contributed by atoms with Crippen molar-refractivity contribution in [1.82, 2.24) is 0 Å². The van der Waals surface area contributed by atoms with E-state index in [2.05, 4.69) is 6.92 Å². The van der Waals surface area contributed by atoms with Crippen molar-refractivity contribution >= 4 is 0 Å². The molecule has 0 saturated heterocycles. The summed E-state index contributed by atoms with van der Waals surface area (Å²) in [6, 6.07) is 0.161. The fraction of sp³-hybridized carbons (Fsp3) is 1.00. The van der Waals surface area contributed by atoms with Gasteiger partial charge in [0.05, 0.1) is 19.3 Å². The molecule has 0 amide bonds. The molecular weight excluding hydrogens is 154 g/mol. The molecule has 2 atom stereocenters. The highest BCUT2D eigenvalue weighted by atomic mass is 16.5. The van der Waals surface area contributed by atoms with E-state index in [1.54, 1.807) is 0 Å². The van der Waals surface area contributed by atoms with E-state index in [0.29, 0.717) is 13.2 Å². The first-order valence-electron chi connectivity index (χ1n) is 4.65. The van der Waals surface area contributed by atoms with Crippen LogP contribution in [-0.4, -0.2) is 32.0 Å². The van der Waals surface area contributed by atoms with Gasteiger partial charge in [0.2, 0.25) is 0 Å². The van der Waals surface area contributed by atoms with Crippen molar-refractivity contribution in [1.29, 1.82) is 0 Å². The fourth-order valence-corrected chi connectivity index (χ4v) is 0.738. The van der Waals surface area contributed by atoms with Gasteiger partial charge < -0.3 is 15.2 Å². The predicted molar refractivity (Wildman–Crippen MR) is 50.2 cm³/mol. The van der Waals surface area contributed by atoms with E-state index in [4.69, 9.17) is 15.2 Å². The summed E-state index contributed by atoms with van der Waals surface area (Å²) >= 11 is 0. The van der Waals surface area contributed by atoms with E-state index in [0.717, 1.165) is 13.0 Å². The minimum absolute atomic E-state index is 0.155. The molecule has 0 aliphatic rings. The molecule has 3 nitrogen and oxygen atoms in total. The van der Waals surface area contributed by atoms with Crippen molar-refractivity contribution < 1.29 is 9.47 Å². The Kier molecular flexibility index (Phi) is 7.45. The zero-order valence-corrected chi connectivity index (χ0v) is 8.38. The topological polar surface area (TPSA) is 44.5 Å². The number of ether oxygens (including phenoxy) is 2. The molecule has 0 bridgehead atoms. The van der Waals surface area contributed by atoms with Gasteiger partial charge in [-0.2, -0.15) is 0 Å². The molecule has 0 aliphatic heterocycles. The summed E-state index contributed by atoms with van der Waals surface area (Å²) < 4.78 is 10.6. The normalized spacial score (nSPS) is 16.0. The molecule has 2 unspecified atom stereocenters. The molecule has 0 aromatic heterocycles. The number of rotatable bonds is 7. The molecule has 0 radical (unpaired) electrons. The van der Waals surface area contributed by atoms with Crippen LogP contribution in [-0.2, 0) is 9.47 Å². The quantitative estimate of drug-likeness (QED) is 0.631. The Bertz CT molecular complexity index is 98.5. The summed E-state index contributed by atoms with van der Waals surface area (Å²) in [6.07, 6.45) is 1.11. The predicted octanol–water partition coefficient (Wildman–Crippen LogP) is 1.17. The Morgan fingerprint density at radius 2 is 1.92 bits per heavy atom. The van der Waals surface area contributed by atoms with Gasteiger partial charge in [0.1, 0.15) is 0 Å². The van der Waals surface area contributed by atoms with E-state index in [-0.39, 0.29) is 12.1 Å². The zero-order chi connectivity index (χ0) is 9.40. The molecule has 0 saturated carbocycles. The van der Waals surface area contributed by atoms with Gasteiger partial charge in [-0.3, -0.25) is 0 Å². The lowest BCUT2D eigenvalue weighted by molar-refractivity contribution is -0.00837. The van der Waals surface area contributed by atoms with Crippen LogP contribution in [0.25, 0.3) is 0 Å². The minimum Gasteiger partial charge on any atom is -0.379 e. The van der Waals surface area contributed by atoms with Crippen LogP contribution in [0.1, 0.15) is 27.2 Å². The van der Waals surface area contributed by atoms with Crippen LogP contribution in [0.4, 0.5) is 0 Å². The lowest BCUT2D eigenvalue weighted by Crippen LogP contribution is -2.29. The molecule has 0 aliphatic carbocycles. The average Bonchev–Trinajstić information content (AvgIpc) is 2.10. The van der Waals surface area contributed by atoms with Gasteiger partial charge in [0.25, 0.3) is 0 Å². The van der Waals surface area contributed by atoms with Crippen LogP contribution in [0.15, 0.2) is 0 Å². The van der Waals surface area contributed by atoms with Gasteiger partial charge in [0.15, 0.2) is 0 Å². The highest BCUT2D eigenvalue weighted by Crippen LogP contribution is 1.95. The largest absolute Gasteiger partial charge is 0.379 e. The lowest BCUT2D eigenvalue weighted by Gasteiger charge is -2.15. The maximum Gasteiger partial charge on any atom is 0.0781 e. The van der Waals surface area contributed by atoms with Gasteiger partial charge in [-0.1, -0.05) is 6.92 Å². The molecule has 0 fully saturated rings. The van der Waals surface area contributed by atoms with Crippen molar-refractivity contribution in [3.63, 3.8) is 0 Å². The molecule has 12 heavy (non-hydrogen) atoms. The maximum atomic E-state index is 5.68. The Labute approximate surface area is 75.2 Å². The second-order valence-electron chi connectivity index (χ2n) is 2.97. The summed E-state index contributed by atoms with van der Waals surface area (Å²) in [4.78, 5) is 0. The Balaban J connectivity index is 3.24. The van der Waals surface area contributed by atoms with E-state index < -0.39 is 0 Å². The van der Waals surface area contributed by atoms with Crippen molar-refractivity contribution in [2.24, 2.45) is 5.73 Å². The molecular formula is C9H21NO2. The smallest absolute Gasteiger partial charge is 0.0781 e. The molecule has 3 heteroatoms. The third-order valence-electron chi connectivity index (χ3n) is 1.68. The molecule has 0 heterocycles. The summed E-state index contributed by atoms with van der Waals surface area (Å²) in [5.41, 5.74) is 5.68. The first kappa shape index (κ1) is 11.9. The van der Waals surface area contributed by atoms with Gasteiger partial charge >= 0.3 is 0 Å². The van der Waals surface area contributed by atoms with Crippen molar-refractivity contribution in [2.75, 3.05) is 19.8 Å². The van der Waals surface area contributed by atoms with Crippen LogP contribution in [0.2, 0.25) is 0 Å². The number of nitrogens with two attached hydrogens (primary N) is 1. The van der Waals surface area contributed by atoms with E-state index >= 15 is 0 Å². The monoisotopic (exact) mass is 175 g/mol. The second kappa shape index (κ2) is 7.53. The van der Waals surface area contributed by atoms with Gasteiger partial charge in [0, 0.05) is 12.6 Å². The molecule has 0 spiro atoms. The summed E-state index contributed by atoms with van der Waals surface area (Å²) in [5, 5.41) is 0. The standard InChI is InChI=1S/C9H21NO2/c1-4-9(10)7-12-8(3)6-11-5-2/h8-9H,4-7,10H2,1-3H3. The molecule has 0 rings (SSSR count). The summed E-state index contributed by atoms with van der Waals surface area (Å²) in [7, 11) is 0. The SMILES string of the molecule is CCOCC(C)OCC(N)CC. The maximum absolute atomic E-state index is 5.68. The molecule has 0 aromatic rings. The van der Waals surface area contributed by atoms with E-state index in [1.807, 2.05) is 13.8 Å². The second-order valence-corrected chi connectivity index (χ2v) is 2.97. The number of hydrogen-bond acceptors (Lipinski definition) is 3. The van der Waals surface area contributed by atoms with Gasteiger partial charge in [-0.25, -0.2) is 0 Å². The van der Waals surface area contributed by atoms with Crippen LogP contribution in [0, 0.1) is 0 Å². The molecule has 2 N–H and O–H groups in total. The van der Waals surface area contributed by atoms with Crippen LogP contribution in [0.3, 0.4) is 0 Å². The van der Waals surface area contributed by atoms with Crippen molar-refractivity contribution in [2.45, 2.75) is 39.3 Å². The third kappa shape index (κ3) is 6.58. The highest BCUT2D eigenvalue weighted by Gasteiger charge is 2.04. The average molecular weight is 175 g/mol. The molecule has 74 valence electrons. The third-order valence-corrected chi connectivity index (χ3v) is 1.68. The van der Waals surface area contributed by atoms with Gasteiger partial charge in [-0.05, 0) is 20.3 Å². The molecule has 0 aromatic carbocycles. The van der Waals surface area contributed by atoms with Crippen molar-refractivity contribution in [3.8, 4) is 0 Å². The van der Waals surface area contributed by atoms with Gasteiger partial charge in [-0.15, -0.1) is 0 Å². The Morgan fingerprint density at radius 3 is 2.42 bits per heavy atom. The van der Waals surface area contributed by atoms with E-state index in [9.17, 15) is 0 Å².